The topological polar surface area (TPSA) is 62.0 Å². The minimum atomic E-state index is -0.406. The SMILES string of the molecule is C=C(Br)CNC(=O)c1c[nH]c(C)cc1=O. The Morgan fingerprint density at radius 3 is 2.87 bits per heavy atom. The van der Waals surface area contributed by atoms with Crippen molar-refractivity contribution in [3.63, 3.8) is 0 Å². The molecule has 0 saturated carbocycles. The molecule has 0 radical (unpaired) electrons. The van der Waals surface area contributed by atoms with Crippen molar-refractivity contribution < 1.29 is 4.79 Å². The van der Waals surface area contributed by atoms with E-state index in [4.69, 9.17) is 0 Å². The van der Waals surface area contributed by atoms with Crippen molar-refractivity contribution in [3.8, 4) is 0 Å². The third-order valence-electron chi connectivity index (χ3n) is 1.74. The van der Waals surface area contributed by atoms with E-state index in [1.54, 1.807) is 6.92 Å². The molecule has 80 valence electrons. The monoisotopic (exact) mass is 270 g/mol. The number of H-pyrrole nitrogens is 1. The van der Waals surface area contributed by atoms with Gasteiger partial charge in [-0.25, -0.2) is 0 Å². The number of carbonyl (C=O) groups is 1. The van der Waals surface area contributed by atoms with E-state index in [0.29, 0.717) is 11.0 Å². The highest BCUT2D eigenvalue weighted by Gasteiger charge is 2.09. The van der Waals surface area contributed by atoms with Gasteiger partial charge < -0.3 is 10.3 Å². The van der Waals surface area contributed by atoms with Crippen molar-refractivity contribution in [2.75, 3.05) is 6.54 Å². The largest absolute Gasteiger partial charge is 0.364 e. The third-order valence-corrected chi connectivity index (χ3v) is 2.02. The number of hydrogen-bond donors (Lipinski definition) is 2. The molecule has 4 nitrogen and oxygen atoms in total. The zero-order valence-electron chi connectivity index (χ0n) is 8.26. The number of nitrogens with one attached hydrogen (secondary N) is 2. The summed E-state index contributed by atoms with van der Waals surface area (Å²) >= 11 is 3.11. The van der Waals surface area contributed by atoms with Crippen LogP contribution in [0.15, 0.2) is 28.1 Å². The molecule has 0 spiro atoms. The van der Waals surface area contributed by atoms with Crippen molar-refractivity contribution in [1.29, 1.82) is 0 Å². The molecule has 0 fully saturated rings. The normalized spacial score (nSPS) is 9.73. The molecule has 1 rings (SSSR count). The predicted octanol–water partition coefficient (Wildman–Crippen LogP) is 1.32. The lowest BCUT2D eigenvalue weighted by Crippen LogP contribution is -2.29. The van der Waals surface area contributed by atoms with Crippen LogP contribution in [-0.4, -0.2) is 17.4 Å². The van der Waals surface area contributed by atoms with E-state index in [1.807, 2.05) is 0 Å². The first-order valence-electron chi connectivity index (χ1n) is 4.31. The highest BCUT2D eigenvalue weighted by Crippen LogP contribution is 1.98. The molecule has 0 atom stereocenters. The molecule has 0 aliphatic rings. The van der Waals surface area contributed by atoms with Gasteiger partial charge >= 0.3 is 0 Å². The Morgan fingerprint density at radius 2 is 2.33 bits per heavy atom. The van der Waals surface area contributed by atoms with Gasteiger partial charge in [0.25, 0.3) is 5.91 Å². The first-order valence-corrected chi connectivity index (χ1v) is 5.11. The number of carbonyl (C=O) groups excluding carboxylic acids is 1. The molecular weight excluding hydrogens is 260 g/mol. The average molecular weight is 271 g/mol. The highest BCUT2D eigenvalue weighted by molar-refractivity contribution is 9.11. The molecule has 1 amide bonds. The summed E-state index contributed by atoms with van der Waals surface area (Å²) in [5.74, 6) is -0.406. The standard InChI is InChI=1S/C10H11BrN2O2/c1-6(11)4-13-10(15)8-5-12-7(2)3-9(8)14/h3,5H,1,4H2,2H3,(H,12,14)(H,13,15). The first kappa shape index (κ1) is 11.7. The predicted molar refractivity (Wildman–Crippen MR) is 62.2 cm³/mol. The molecular formula is C10H11BrN2O2. The van der Waals surface area contributed by atoms with Gasteiger partial charge in [-0.15, -0.1) is 0 Å². The van der Waals surface area contributed by atoms with Gasteiger partial charge in [-0.05, 0) is 6.92 Å². The number of amides is 1. The van der Waals surface area contributed by atoms with Crippen LogP contribution in [0.4, 0.5) is 0 Å². The van der Waals surface area contributed by atoms with Crippen LogP contribution in [0.1, 0.15) is 16.1 Å². The third kappa shape index (κ3) is 3.36. The molecule has 0 unspecified atom stereocenters. The second kappa shape index (κ2) is 4.93. The summed E-state index contributed by atoms with van der Waals surface area (Å²) < 4.78 is 0.652. The molecule has 1 aromatic rings. The second-order valence-corrected chi connectivity index (χ2v) is 4.22. The van der Waals surface area contributed by atoms with E-state index in [2.05, 4.69) is 32.8 Å². The fraction of sp³-hybridized carbons (Fsp3) is 0.200. The second-order valence-electron chi connectivity index (χ2n) is 3.09. The Morgan fingerprint density at radius 1 is 1.67 bits per heavy atom. The van der Waals surface area contributed by atoms with Crippen LogP contribution < -0.4 is 10.7 Å². The molecule has 0 aliphatic heterocycles. The molecule has 15 heavy (non-hydrogen) atoms. The lowest BCUT2D eigenvalue weighted by molar-refractivity contribution is 0.0956. The molecule has 1 heterocycles. The Kier molecular flexibility index (Phi) is 3.85. The molecule has 0 aliphatic carbocycles. The summed E-state index contributed by atoms with van der Waals surface area (Å²) in [6.07, 6.45) is 1.41. The van der Waals surface area contributed by atoms with Gasteiger partial charge in [0, 0.05) is 29.0 Å². The van der Waals surface area contributed by atoms with Gasteiger partial charge in [-0.1, -0.05) is 22.5 Å². The summed E-state index contributed by atoms with van der Waals surface area (Å²) in [7, 11) is 0. The number of aromatic nitrogens is 1. The van der Waals surface area contributed by atoms with Crippen molar-refractivity contribution in [3.05, 3.63) is 44.8 Å². The molecule has 2 N–H and O–H groups in total. The van der Waals surface area contributed by atoms with Gasteiger partial charge in [0.05, 0.1) is 0 Å². The van der Waals surface area contributed by atoms with E-state index >= 15 is 0 Å². The first-order chi connectivity index (χ1) is 7.00. The van der Waals surface area contributed by atoms with Gasteiger partial charge in [-0.3, -0.25) is 9.59 Å². The van der Waals surface area contributed by atoms with Gasteiger partial charge in [0.1, 0.15) is 5.56 Å². The fourth-order valence-electron chi connectivity index (χ4n) is 1.02. The van der Waals surface area contributed by atoms with Gasteiger partial charge in [-0.2, -0.15) is 0 Å². The van der Waals surface area contributed by atoms with Crippen LogP contribution in [0.2, 0.25) is 0 Å². The number of rotatable bonds is 3. The van der Waals surface area contributed by atoms with Crippen molar-refractivity contribution in [1.82, 2.24) is 10.3 Å². The minimum Gasteiger partial charge on any atom is -0.364 e. The van der Waals surface area contributed by atoms with Crippen LogP contribution in [0, 0.1) is 6.92 Å². The zero-order valence-corrected chi connectivity index (χ0v) is 9.85. The van der Waals surface area contributed by atoms with E-state index in [-0.39, 0.29) is 11.0 Å². The number of pyridine rings is 1. The van der Waals surface area contributed by atoms with Gasteiger partial charge in [0.2, 0.25) is 0 Å². The van der Waals surface area contributed by atoms with Crippen LogP contribution >= 0.6 is 15.9 Å². The lowest BCUT2D eigenvalue weighted by Gasteiger charge is -2.03. The van der Waals surface area contributed by atoms with Crippen molar-refractivity contribution in [2.24, 2.45) is 0 Å². The number of halogens is 1. The molecule has 1 aromatic heterocycles. The van der Waals surface area contributed by atoms with E-state index in [9.17, 15) is 9.59 Å². The smallest absolute Gasteiger partial charge is 0.257 e. The average Bonchev–Trinajstić information content (AvgIpc) is 2.14. The van der Waals surface area contributed by atoms with Gasteiger partial charge in [0.15, 0.2) is 5.43 Å². The molecule has 0 aromatic carbocycles. The molecule has 0 bridgehead atoms. The highest BCUT2D eigenvalue weighted by atomic mass is 79.9. The minimum absolute atomic E-state index is 0.106. The van der Waals surface area contributed by atoms with Crippen LogP contribution in [-0.2, 0) is 0 Å². The van der Waals surface area contributed by atoms with Crippen LogP contribution in [0.5, 0.6) is 0 Å². The lowest BCUT2D eigenvalue weighted by atomic mass is 10.2. The summed E-state index contributed by atoms with van der Waals surface area (Å²) in [6, 6.07) is 1.39. The number of aryl methyl sites for hydroxylation is 1. The quantitative estimate of drug-likeness (QED) is 0.871. The maximum Gasteiger partial charge on any atom is 0.257 e. The Balaban J connectivity index is 2.83. The van der Waals surface area contributed by atoms with Crippen molar-refractivity contribution >= 4 is 21.8 Å². The number of aromatic amines is 1. The maximum absolute atomic E-state index is 11.5. The maximum atomic E-state index is 11.5. The molecule has 5 heteroatoms. The Bertz CT molecular complexity index is 451. The number of hydrogen-bond acceptors (Lipinski definition) is 2. The Hall–Kier alpha value is -1.36. The summed E-state index contributed by atoms with van der Waals surface area (Å²) in [4.78, 5) is 25.7. The Labute approximate surface area is 95.5 Å². The molecule has 0 saturated heterocycles. The van der Waals surface area contributed by atoms with Crippen molar-refractivity contribution in [2.45, 2.75) is 6.92 Å². The summed E-state index contributed by atoms with van der Waals surface area (Å²) in [6.45, 7) is 5.62. The van der Waals surface area contributed by atoms with Crippen LogP contribution in [0.25, 0.3) is 0 Å². The fourth-order valence-corrected chi connectivity index (χ4v) is 1.16. The van der Waals surface area contributed by atoms with Crippen LogP contribution in [0.3, 0.4) is 0 Å². The summed E-state index contributed by atoms with van der Waals surface area (Å²) in [5, 5.41) is 2.55. The van der Waals surface area contributed by atoms with E-state index in [0.717, 1.165) is 5.69 Å². The van der Waals surface area contributed by atoms with E-state index in [1.165, 1.54) is 12.3 Å². The van der Waals surface area contributed by atoms with E-state index < -0.39 is 5.91 Å². The summed E-state index contributed by atoms with van der Waals surface area (Å²) in [5.41, 5.74) is 0.541. The zero-order chi connectivity index (χ0) is 11.4.